The molecule has 3 aromatic rings. The molecule has 1 N–H and O–H groups in total. The second kappa shape index (κ2) is 9.38. The lowest BCUT2D eigenvalue weighted by atomic mass is 10.2. The third-order valence-corrected chi connectivity index (χ3v) is 5.58. The molecule has 4 rings (SSSR count). The number of hydrogen-bond acceptors (Lipinski definition) is 8. The Morgan fingerprint density at radius 2 is 2.17 bits per heavy atom. The molecule has 1 amide bonds. The van der Waals surface area contributed by atoms with Crippen LogP contribution in [-0.2, 0) is 11.3 Å². The van der Waals surface area contributed by atoms with E-state index in [1.165, 1.54) is 0 Å². The zero-order chi connectivity index (χ0) is 20.9. The van der Waals surface area contributed by atoms with Crippen LogP contribution in [0.3, 0.4) is 0 Å². The van der Waals surface area contributed by atoms with E-state index in [0.717, 1.165) is 16.9 Å². The minimum atomic E-state index is -0.294. The number of amides is 1. The first-order valence-electron chi connectivity index (χ1n) is 9.41. The lowest BCUT2D eigenvalue weighted by Gasteiger charge is -2.35. The van der Waals surface area contributed by atoms with E-state index in [-0.39, 0.29) is 11.9 Å². The highest BCUT2D eigenvalue weighted by Gasteiger charge is 2.25. The molecule has 1 fully saturated rings. The number of carbonyl (C=O) groups excluding carboxylic acids is 1. The summed E-state index contributed by atoms with van der Waals surface area (Å²) in [6.45, 7) is 4.26. The van der Waals surface area contributed by atoms with Gasteiger partial charge in [0.25, 0.3) is 11.1 Å². The van der Waals surface area contributed by atoms with E-state index < -0.39 is 0 Å². The molecule has 10 heteroatoms. The van der Waals surface area contributed by atoms with E-state index >= 15 is 0 Å². The number of carbonyl (C=O) groups is 1. The summed E-state index contributed by atoms with van der Waals surface area (Å²) < 4.78 is 11.1. The molecule has 30 heavy (non-hydrogen) atoms. The summed E-state index contributed by atoms with van der Waals surface area (Å²) in [6, 6.07) is 11.0. The van der Waals surface area contributed by atoms with Crippen LogP contribution in [0.4, 0.5) is 10.9 Å². The maximum atomic E-state index is 12.9. The number of anilines is 2. The molecular formula is C20H20ClN5O3S. The van der Waals surface area contributed by atoms with Gasteiger partial charge in [-0.15, -0.1) is 5.10 Å². The quantitative estimate of drug-likeness (QED) is 0.619. The van der Waals surface area contributed by atoms with E-state index in [1.54, 1.807) is 30.5 Å². The van der Waals surface area contributed by atoms with Gasteiger partial charge in [0.2, 0.25) is 5.13 Å². The predicted molar refractivity (Wildman–Crippen MR) is 116 cm³/mol. The zero-order valence-corrected chi connectivity index (χ0v) is 17.8. The van der Waals surface area contributed by atoms with Crippen molar-refractivity contribution in [2.75, 3.05) is 30.0 Å². The van der Waals surface area contributed by atoms with E-state index in [0.29, 0.717) is 53.1 Å². The Hall–Kier alpha value is -2.75. The maximum Gasteiger partial charge on any atom is 0.296 e. The topological polar surface area (TPSA) is 89.5 Å². The average molecular weight is 446 g/mol. The molecule has 1 saturated heterocycles. The second-order valence-electron chi connectivity index (χ2n) is 6.73. The Kier molecular flexibility index (Phi) is 6.41. The van der Waals surface area contributed by atoms with E-state index in [4.69, 9.17) is 21.1 Å². The summed E-state index contributed by atoms with van der Waals surface area (Å²) in [5, 5.41) is 12.2. The van der Waals surface area contributed by atoms with Crippen LogP contribution in [0.15, 0.2) is 42.6 Å². The van der Waals surface area contributed by atoms with Gasteiger partial charge >= 0.3 is 0 Å². The van der Waals surface area contributed by atoms with Gasteiger partial charge < -0.3 is 14.4 Å². The highest BCUT2D eigenvalue weighted by Crippen LogP contribution is 2.26. The van der Waals surface area contributed by atoms with Gasteiger partial charge in [0, 0.05) is 17.8 Å². The average Bonchev–Trinajstić information content (AvgIpc) is 3.21. The number of halogens is 1. The van der Waals surface area contributed by atoms with Gasteiger partial charge in [0.05, 0.1) is 24.8 Å². The number of pyridine rings is 1. The van der Waals surface area contributed by atoms with E-state index in [9.17, 15) is 4.79 Å². The minimum absolute atomic E-state index is 0.134. The molecule has 0 aliphatic carbocycles. The molecule has 8 nitrogen and oxygen atoms in total. The molecule has 1 aliphatic heterocycles. The highest BCUT2D eigenvalue weighted by atomic mass is 35.5. The molecule has 156 valence electrons. The number of rotatable bonds is 6. The molecule has 1 atom stereocenters. The van der Waals surface area contributed by atoms with Gasteiger partial charge in [0.15, 0.2) is 0 Å². The summed E-state index contributed by atoms with van der Waals surface area (Å²) >= 11 is 7.05. The van der Waals surface area contributed by atoms with Gasteiger partial charge in [-0.1, -0.05) is 28.8 Å². The number of ether oxygens (including phenoxy) is 2. The summed E-state index contributed by atoms with van der Waals surface area (Å²) in [5.74, 6) is 0.340. The molecule has 3 heterocycles. The summed E-state index contributed by atoms with van der Waals surface area (Å²) in [7, 11) is 0. The van der Waals surface area contributed by atoms with Crippen LogP contribution in [0.5, 0.6) is 5.19 Å². The Morgan fingerprint density at radius 3 is 2.97 bits per heavy atom. The standard InChI is InChI=1S/C20H20ClN5O3S/c1-13-11-28-10-9-26(13)17-16(3-2-8-22-17)18(27)23-19-24-25-20(30-19)29-12-14-4-6-15(21)7-5-14/h2-8,13H,9-12H2,1H3,(H,23,24,27). The number of morpholine rings is 1. The fourth-order valence-corrected chi connectivity index (χ4v) is 3.77. The first kappa shape index (κ1) is 20.5. The van der Waals surface area contributed by atoms with Gasteiger partial charge in [-0.3, -0.25) is 10.1 Å². The summed E-state index contributed by atoms with van der Waals surface area (Å²) in [4.78, 5) is 19.4. The van der Waals surface area contributed by atoms with Gasteiger partial charge in [-0.2, -0.15) is 0 Å². The van der Waals surface area contributed by atoms with Crippen LogP contribution in [-0.4, -0.2) is 46.9 Å². The molecule has 2 aromatic heterocycles. The van der Waals surface area contributed by atoms with Crippen molar-refractivity contribution in [2.24, 2.45) is 0 Å². The largest absolute Gasteiger partial charge is 0.464 e. The normalized spacial score (nSPS) is 16.3. The van der Waals surface area contributed by atoms with Crippen molar-refractivity contribution in [1.29, 1.82) is 0 Å². The van der Waals surface area contributed by atoms with Gasteiger partial charge in [-0.25, -0.2) is 4.98 Å². The van der Waals surface area contributed by atoms with Crippen molar-refractivity contribution in [3.8, 4) is 5.19 Å². The molecular weight excluding hydrogens is 426 g/mol. The Morgan fingerprint density at radius 1 is 1.33 bits per heavy atom. The third kappa shape index (κ3) is 4.86. The number of nitrogens with one attached hydrogen (secondary N) is 1. The van der Waals surface area contributed by atoms with Crippen molar-refractivity contribution >= 4 is 39.8 Å². The number of nitrogens with zero attached hydrogens (tertiary/aromatic N) is 4. The van der Waals surface area contributed by atoms with Crippen molar-refractivity contribution < 1.29 is 14.3 Å². The van der Waals surface area contributed by atoms with Crippen LogP contribution in [0.25, 0.3) is 0 Å². The van der Waals surface area contributed by atoms with Crippen LogP contribution in [0, 0.1) is 0 Å². The van der Waals surface area contributed by atoms with Crippen LogP contribution in [0.1, 0.15) is 22.8 Å². The van der Waals surface area contributed by atoms with Crippen molar-refractivity contribution in [3.63, 3.8) is 0 Å². The molecule has 1 aromatic carbocycles. The van der Waals surface area contributed by atoms with Crippen LogP contribution >= 0.6 is 22.9 Å². The van der Waals surface area contributed by atoms with E-state index in [1.807, 2.05) is 19.1 Å². The minimum Gasteiger partial charge on any atom is -0.464 e. The number of benzene rings is 1. The molecule has 0 bridgehead atoms. The number of hydrogen-bond donors (Lipinski definition) is 1. The van der Waals surface area contributed by atoms with Crippen LogP contribution in [0.2, 0.25) is 5.02 Å². The lowest BCUT2D eigenvalue weighted by molar-refractivity contribution is 0.0972. The highest BCUT2D eigenvalue weighted by molar-refractivity contribution is 7.17. The zero-order valence-electron chi connectivity index (χ0n) is 16.2. The smallest absolute Gasteiger partial charge is 0.296 e. The Labute approximate surface area is 182 Å². The SMILES string of the molecule is CC1COCCN1c1ncccc1C(=O)Nc1nnc(OCc2ccc(Cl)cc2)s1. The Bertz CT molecular complexity index is 1010. The summed E-state index contributed by atoms with van der Waals surface area (Å²) in [6.07, 6.45) is 1.68. The Balaban J connectivity index is 1.42. The third-order valence-electron chi connectivity index (χ3n) is 4.57. The second-order valence-corrected chi connectivity index (χ2v) is 8.11. The maximum absolute atomic E-state index is 12.9. The monoisotopic (exact) mass is 445 g/mol. The molecule has 1 aliphatic rings. The van der Waals surface area contributed by atoms with Crippen molar-refractivity contribution in [3.05, 3.63) is 58.7 Å². The predicted octanol–water partition coefficient (Wildman–Crippen LogP) is 3.64. The molecule has 1 unspecified atom stereocenters. The lowest BCUT2D eigenvalue weighted by Crippen LogP contribution is -2.45. The van der Waals surface area contributed by atoms with Crippen LogP contribution < -0.4 is 15.0 Å². The van der Waals surface area contributed by atoms with Gasteiger partial charge in [0.1, 0.15) is 12.4 Å². The first-order valence-corrected chi connectivity index (χ1v) is 10.6. The first-order chi connectivity index (χ1) is 14.6. The number of aromatic nitrogens is 3. The summed E-state index contributed by atoms with van der Waals surface area (Å²) in [5.41, 5.74) is 1.44. The molecule has 0 radical (unpaired) electrons. The molecule has 0 spiro atoms. The van der Waals surface area contributed by atoms with Gasteiger partial charge in [-0.05, 0) is 48.1 Å². The fourth-order valence-electron chi connectivity index (χ4n) is 3.05. The van der Waals surface area contributed by atoms with E-state index in [2.05, 4.69) is 25.4 Å². The molecule has 0 saturated carbocycles. The van der Waals surface area contributed by atoms with Crippen molar-refractivity contribution in [1.82, 2.24) is 15.2 Å². The van der Waals surface area contributed by atoms with Crippen molar-refractivity contribution in [2.45, 2.75) is 19.6 Å². The fraction of sp³-hybridized carbons (Fsp3) is 0.300.